The first-order chi connectivity index (χ1) is 9.65. The molecular formula is C13H9ClN4O2. The minimum absolute atomic E-state index is 0.0334. The molecule has 0 saturated heterocycles. The lowest BCUT2D eigenvalue weighted by molar-refractivity contribution is 0.0977. The highest BCUT2D eigenvalue weighted by Crippen LogP contribution is 2.34. The standard InChI is InChI=1S/C13H9ClN4O2/c14-7-1-2-10-9(3-7)11(12(20-10)13(15)19)18-8-4-16-6-17-5-8/h1-6,18H,(H2,15,19). The van der Waals surface area contributed by atoms with Crippen molar-refractivity contribution in [1.82, 2.24) is 9.97 Å². The van der Waals surface area contributed by atoms with E-state index in [1.807, 2.05) is 0 Å². The van der Waals surface area contributed by atoms with Gasteiger partial charge in [0.15, 0.2) is 0 Å². The van der Waals surface area contributed by atoms with Crippen LogP contribution in [0.4, 0.5) is 11.4 Å². The second-order valence-corrected chi connectivity index (χ2v) is 4.50. The van der Waals surface area contributed by atoms with Gasteiger partial charge in [-0.05, 0) is 18.2 Å². The number of nitrogens with two attached hydrogens (primary N) is 1. The number of amides is 1. The van der Waals surface area contributed by atoms with E-state index in [4.69, 9.17) is 21.8 Å². The van der Waals surface area contributed by atoms with E-state index in [0.29, 0.717) is 27.4 Å². The third-order valence-corrected chi connectivity index (χ3v) is 2.94. The molecule has 0 aliphatic carbocycles. The Bertz CT molecular complexity index is 786. The summed E-state index contributed by atoms with van der Waals surface area (Å²) in [5.74, 6) is -0.636. The van der Waals surface area contributed by atoms with Gasteiger partial charge in [0.1, 0.15) is 11.9 Å². The molecule has 0 atom stereocenters. The Morgan fingerprint density at radius 1 is 1.30 bits per heavy atom. The third-order valence-electron chi connectivity index (χ3n) is 2.70. The molecule has 0 saturated carbocycles. The maximum Gasteiger partial charge on any atom is 0.286 e. The Hall–Kier alpha value is -2.60. The van der Waals surface area contributed by atoms with Crippen LogP contribution in [0.25, 0.3) is 11.0 Å². The Morgan fingerprint density at radius 2 is 2.05 bits per heavy atom. The van der Waals surface area contributed by atoms with E-state index >= 15 is 0 Å². The van der Waals surface area contributed by atoms with Crippen LogP contribution in [0.1, 0.15) is 10.6 Å². The van der Waals surface area contributed by atoms with E-state index in [1.54, 1.807) is 30.6 Å². The number of furan rings is 1. The molecule has 1 aromatic carbocycles. The van der Waals surface area contributed by atoms with Crippen LogP contribution in [0.2, 0.25) is 5.02 Å². The highest BCUT2D eigenvalue weighted by Gasteiger charge is 2.19. The predicted octanol–water partition coefficient (Wildman–Crippen LogP) is 2.72. The summed E-state index contributed by atoms with van der Waals surface area (Å²) in [5, 5.41) is 4.22. The predicted molar refractivity (Wildman–Crippen MR) is 75.1 cm³/mol. The molecule has 3 rings (SSSR count). The molecule has 0 bridgehead atoms. The van der Waals surface area contributed by atoms with Crippen molar-refractivity contribution in [2.45, 2.75) is 0 Å². The maximum absolute atomic E-state index is 11.5. The number of aromatic nitrogens is 2. The summed E-state index contributed by atoms with van der Waals surface area (Å²) >= 11 is 5.97. The number of hydrogen-bond donors (Lipinski definition) is 2. The number of rotatable bonds is 3. The van der Waals surface area contributed by atoms with Gasteiger partial charge in [0.05, 0.1) is 23.8 Å². The normalized spacial score (nSPS) is 10.7. The molecule has 0 aliphatic rings. The van der Waals surface area contributed by atoms with Gasteiger partial charge in [-0.2, -0.15) is 0 Å². The van der Waals surface area contributed by atoms with Gasteiger partial charge in [0.25, 0.3) is 5.91 Å². The Labute approximate surface area is 118 Å². The summed E-state index contributed by atoms with van der Waals surface area (Å²) in [4.78, 5) is 19.3. The topological polar surface area (TPSA) is 94.0 Å². The number of nitrogens with zero attached hydrogens (tertiary/aromatic N) is 2. The molecule has 100 valence electrons. The highest BCUT2D eigenvalue weighted by molar-refractivity contribution is 6.31. The van der Waals surface area contributed by atoms with Crippen LogP contribution in [0.5, 0.6) is 0 Å². The van der Waals surface area contributed by atoms with Crippen LogP contribution < -0.4 is 11.1 Å². The molecule has 0 spiro atoms. The van der Waals surface area contributed by atoms with Crippen molar-refractivity contribution in [3.8, 4) is 0 Å². The molecule has 20 heavy (non-hydrogen) atoms. The molecule has 7 heteroatoms. The summed E-state index contributed by atoms with van der Waals surface area (Å²) < 4.78 is 5.45. The van der Waals surface area contributed by atoms with Gasteiger partial charge in [-0.1, -0.05) is 11.6 Å². The molecule has 0 radical (unpaired) electrons. The number of hydrogen-bond acceptors (Lipinski definition) is 5. The van der Waals surface area contributed by atoms with E-state index in [2.05, 4.69) is 15.3 Å². The van der Waals surface area contributed by atoms with Crippen molar-refractivity contribution in [1.29, 1.82) is 0 Å². The van der Waals surface area contributed by atoms with Gasteiger partial charge in [-0.3, -0.25) is 4.79 Å². The summed E-state index contributed by atoms with van der Waals surface area (Å²) in [5.41, 5.74) is 6.91. The van der Waals surface area contributed by atoms with Crippen molar-refractivity contribution in [3.05, 3.63) is 47.7 Å². The van der Waals surface area contributed by atoms with Gasteiger partial charge in [-0.15, -0.1) is 0 Å². The van der Waals surface area contributed by atoms with Crippen LogP contribution in [0.15, 0.2) is 41.3 Å². The average Bonchev–Trinajstić information content (AvgIpc) is 2.78. The zero-order chi connectivity index (χ0) is 14.1. The highest BCUT2D eigenvalue weighted by atomic mass is 35.5. The third kappa shape index (κ3) is 2.17. The molecule has 1 amide bonds. The fourth-order valence-corrected chi connectivity index (χ4v) is 2.05. The molecular weight excluding hydrogens is 280 g/mol. The largest absolute Gasteiger partial charge is 0.449 e. The number of nitrogens with one attached hydrogen (secondary N) is 1. The van der Waals surface area contributed by atoms with Crippen LogP contribution in [-0.4, -0.2) is 15.9 Å². The summed E-state index contributed by atoms with van der Waals surface area (Å²) in [6.45, 7) is 0. The Balaban J connectivity index is 2.18. The summed E-state index contributed by atoms with van der Waals surface area (Å²) in [6.07, 6.45) is 4.55. The van der Waals surface area contributed by atoms with Gasteiger partial charge in [0.2, 0.25) is 5.76 Å². The van der Waals surface area contributed by atoms with E-state index in [1.165, 1.54) is 6.33 Å². The van der Waals surface area contributed by atoms with Crippen LogP contribution in [0, 0.1) is 0 Å². The number of benzene rings is 1. The lowest BCUT2D eigenvalue weighted by Crippen LogP contribution is -2.11. The first-order valence-corrected chi connectivity index (χ1v) is 6.07. The number of halogens is 1. The van der Waals surface area contributed by atoms with E-state index in [0.717, 1.165) is 0 Å². The van der Waals surface area contributed by atoms with Crippen LogP contribution in [-0.2, 0) is 0 Å². The maximum atomic E-state index is 11.5. The summed E-state index contributed by atoms with van der Waals surface area (Å²) in [7, 11) is 0. The van der Waals surface area contributed by atoms with E-state index in [9.17, 15) is 4.79 Å². The lowest BCUT2D eigenvalue weighted by Gasteiger charge is -2.04. The quantitative estimate of drug-likeness (QED) is 0.773. The second-order valence-electron chi connectivity index (χ2n) is 4.06. The van der Waals surface area contributed by atoms with Crippen molar-refractivity contribution in [2.24, 2.45) is 5.73 Å². The fourth-order valence-electron chi connectivity index (χ4n) is 1.88. The molecule has 2 heterocycles. The Morgan fingerprint density at radius 3 is 2.75 bits per heavy atom. The zero-order valence-corrected chi connectivity index (χ0v) is 10.9. The minimum atomic E-state index is -0.670. The van der Waals surface area contributed by atoms with Gasteiger partial charge in [-0.25, -0.2) is 9.97 Å². The van der Waals surface area contributed by atoms with Crippen molar-refractivity contribution in [2.75, 3.05) is 5.32 Å². The number of carbonyl (C=O) groups is 1. The first kappa shape index (κ1) is 12.4. The van der Waals surface area contributed by atoms with Crippen molar-refractivity contribution in [3.63, 3.8) is 0 Å². The number of primary amides is 1. The lowest BCUT2D eigenvalue weighted by atomic mass is 10.2. The molecule has 0 aliphatic heterocycles. The molecule has 0 fully saturated rings. The molecule has 3 N–H and O–H groups in total. The number of carbonyl (C=O) groups excluding carboxylic acids is 1. The van der Waals surface area contributed by atoms with Crippen LogP contribution >= 0.6 is 11.6 Å². The SMILES string of the molecule is NC(=O)c1oc2ccc(Cl)cc2c1Nc1cncnc1. The Kier molecular flexibility index (Phi) is 3.00. The number of fused-ring (bicyclic) bond motifs is 1. The number of anilines is 2. The van der Waals surface area contributed by atoms with Crippen LogP contribution in [0.3, 0.4) is 0 Å². The van der Waals surface area contributed by atoms with Gasteiger partial charge in [0, 0.05) is 10.4 Å². The average molecular weight is 289 g/mol. The van der Waals surface area contributed by atoms with E-state index in [-0.39, 0.29) is 5.76 Å². The first-order valence-electron chi connectivity index (χ1n) is 5.69. The molecule has 3 aromatic rings. The smallest absolute Gasteiger partial charge is 0.286 e. The summed E-state index contributed by atoms with van der Waals surface area (Å²) in [6, 6.07) is 5.04. The van der Waals surface area contributed by atoms with Crippen molar-refractivity contribution < 1.29 is 9.21 Å². The molecule has 0 unspecified atom stereocenters. The monoisotopic (exact) mass is 288 g/mol. The van der Waals surface area contributed by atoms with Crippen molar-refractivity contribution >= 4 is 39.9 Å². The second kappa shape index (κ2) is 4.82. The van der Waals surface area contributed by atoms with Gasteiger partial charge < -0.3 is 15.5 Å². The van der Waals surface area contributed by atoms with Gasteiger partial charge >= 0.3 is 0 Å². The minimum Gasteiger partial charge on any atom is -0.449 e. The van der Waals surface area contributed by atoms with E-state index < -0.39 is 5.91 Å². The fraction of sp³-hybridized carbons (Fsp3) is 0. The molecule has 6 nitrogen and oxygen atoms in total. The zero-order valence-electron chi connectivity index (χ0n) is 10.1. The molecule has 2 aromatic heterocycles.